The number of hydrogen-bond acceptors (Lipinski definition) is 2. The van der Waals surface area contributed by atoms with E-state index in [-0.39, 0.29) is 11.8 Å². The van der Waals surface area contributed by atoms with Crippen molar-refractivity contribution in [1.29, 1.82) is 0 Å². The van der Waals surface area contributed by atoms with Gasteiger partial charge in [0.2, 0.25) is 5.91 Å². The highest BCUT2D eigenvalue weighted by Crippen LogP contribution is 2.26. The molecule has 1 saturated carbocycles. The normalized spacial score (nSPS) is 16.8. The minimum atomic E-state index is 0.102. The standard InChI is InChI=1S/C13H17ClN2O/c14-11-8-10(6-7-12(11)15)16-13(17)9-4-2-1-3-5-9/h6-9H,1-5,15H2,(H,16,17). The number of hydrogen-bond donors (Lipinski definition) is 2. The monoisotopic (exact) mass is 252 g/mol. The fraction of sp³-hybridized carbons (Fsp3) is 0.462. The molecule has 1 amide bonds. The maximum absolute atomic E-state index is 12.0. The fourth-order valence-corrected chi connectivity index (χ4v) is 2.39. The molecule has 0 spiro atoms. The molecule has 0 aromatic heterocycles. The molecule has 1 aliphatic carbocycles. The molecule has 17 heavy (non-hydrogen) atoms. The van der Waals surface area contributed by atoms with Crippen molar-refractivity contribution in [2.24, 2.45) is 5.92 Å². The number of benzene rings is 1. The molecule has 1 fully saturated rings. The maximum atomic E-state index is 12.0. The number of amides is 1. The molecule has 1 aromatic rings. The van der Waals surface area contributed by atoms with E-state index in [4.69, 9.17) is 17.3 Å². The number of nitrogens with two attached hydrogens (primary N) is 1. The van der Waals surface area contributed by atoms with Gasteiger partial charge in [-0.1, -0.05) is 30.9 Å². The molecule has 2 rings (SSSR count). The Morgan fingerprint density at radius 3 is 2.65 bits per heavy atom. The summed E-state index contributed by atoms with van der Waals surface area (Å²) >= 11 is 5.91. The summed E-state index contributed by atoms with van der Waals surface area (Å²) in [4.78, 5) is 12.0. The predicted octanol–water partition coefficient (Wildman–Crippen LogP) is 3.44. The van der Waals surface area contributed by atoms with Crippen molar-refractivity contribution < 1.29 is 4.79 Å². The second-order valence-corrected chi connectivity index (χ2v) is 4.97. The highest BCUT2D eigenvalue weighted by Gasteiger charge is 2.21. The van der Waals surface area contributed by atoms with E-state index in [0.29, 0.717) is 10.7 Å². The summed E-state index contributed by atoms with van der Waals surface area (Å²) in [5.41, 5.74) is 6.87. The Bertz CT molecular complexity index is 414. The van der Waals surface area contributed by atoms with Crippen LogP contribution in [0.4, 0.5) is 11.4 Å². The summed E-state index contributed by atoms with van der Waals surface area (Å²) in [5, 5.41) is 3.38. The molecule has 92 valence electrons. The molecule has 0 heterocycles. The van der Waals surface area contributed by atoms with Gasteiger partial charge in [-0.25, -0.2) is 0 Å². The summed E-state index contributed by atoms with van der Waals surface area (Å²) in [6, 6.07) is 5.18. The number of nitrogens with one attached hydrogen (secondary N) is 1. The molecule has 4 heteroatoms. The van der Waals surface area contributed by atoms with Crippen LogP contribution >= 0.6 is 11.6 Å². The van der Waals surface area contributed by atoms with Gasteiger partial charge in [0.05, 0.1) is 10.7 Å². The molecule has 1 aromatic carbocycles. The molecule has 0 atom stereocenters. The van der Waals surface area contributed by atoms with Gasteiger partial charge in [0, 0.05) is 11.6 Å². The Morgan fingerprint density at radius 1 is 1.29 bits per heavy atom. The first kappa shape index (κ1) is 12.2. The molecule has 1 aliphatic rings. The molecule has 0 bridgehead atoms. The molecule has 3 N–H and O–H groups in total. The number of rotatable bonds is 2. The van der Waals surface area contributed by atoms with Crippen molar-refractivity contribution >= 4 is 28.9 Å². The van der Waals surface area contributed by atoms with Gasteiger partial charge in [-0.3, -0.25) is 4.79 Å². The van der Waals surface area contributed by atoms with Crippen molar-refractivity contribution in [2.75, 3.05) is 11.1 Å². The number of anilines is 2. The zero-order valence-corrected chi connectivity index (χ0v) is 10.5. The topological polar surface area (TPSA) is 55.1 Å². The van der Waals surface area contributed by atoms with Crippen molar-refractivity contribution in [2.45, 2.75) is 32.1 Å². The third-order valence-electron chi connectivity index (χ3n) is 3.24. The maximum Gasteiger partial charge on any atom is 0.227 e. The Labute approximate surface area is 106 Å². The Balaban J connectivity index is 1.99. The lowest BCUT2D eigenvalue weighted by Crippen LogP contribution is -2.24. The van der Waals surface area contributed by atoms with E-state index in [1.165, 1.54) is 6.42 Å². The summed E-state index contributed by atoms with van der Waals surface area (Å²) < 4.78 is 0. The first-order valence-corrected chi connectivity index (χ1v) is 6.40. The summed E-state index contributed by atoms with van der Waals surface area (Å²) in [6.45, 7) is 0. The van der Waals surface area contributed by atoms with E-state index in [0.717, 1.165) is 31.4 Å². The van der Waals surface area contributed by atoms with Gasteiger partial charge in [-0.05, 0) is 31.0 Å². The van der Waals surface area contributed by atoms with Gasteiger partial charge < -0.3 is 11.1 Å². The van der Waals surface area contributed by atoms with E-state index in [1.54, 1.807) is 18.2 Å². The van der Waals surface area contributed by atoms with Gasteiger partial charge >= 0.3 is 0 Å². The van der Waals surface area contributed by atoms with E-state index < -0.39 is 0 Å². The summed E-state index contributed by atoms with van der Waals surface area (Å²) in [7, 11) is 0. The van der Waals surface area contributed by atoms with Gasteiger partial charge in [-0.15, -0.1) is 0 Å². The van der Waals surface area contributed by atoms with Crippen LogP contribution in [0.15, 0.2) is 18.2 Å². The lowest BCUT2D eigenvalue weighted by Gasteiger charge is -2.20. The minimum Gasteiger partial charge on any atom is -0.398 e. The van der Waals surface area contributed by atoms with E-state index in [2.05, 4.69) is 5.32 Å². The van der Waals surface area contributed by atoms with Gasteiger partial charge in [0.15, 0.2) is 0 Å². The number of carbonyl (C=O) groups is 1. The number of halogens is 1. The van der Waals surface area contributed by atoms with Gasteiger partial charge in [-0.2, -0.15) is 0 Å². The van der Waals surface area contributed by atoms with Gasteiger partial charge in [0.1, 0.15) is 0 Å². The first-order valence-electron chi connectivity index (χ1n) is 6.02. The van der Waals surface area contributed by atoms with Crippen molar-refractivity contribution in [3.8, 4) is 0 Å². The molecule has 0 saturated heterocycles. The molecule has 3 nitrogen and oxygen atoms in total. The first-order chi connectivity index (χ1) is 8.16. The SMILES string of the molecule is Nc1ccc(NC(=O)C2CCCCC2)cc1Cl. The lowest BCUT2D eigenvalue weighted by molar-refractivity contribution is -0.120. The zero-order chi connectivity index (χ0) is 12.3. The van der Waals surface area contributed by atoms with Crippen LogP contribution in [0, 0.1) is 5.92 Å². The predicted molar refractivity (Wildman–Crippen MR) is 71.1 cm³/mol. The molecule has 0 aliphatic heterocycles. The van der Waals surface area contributed by atoms with Crippen LogP contribution in [0.3, 0.4) is 0 Å². The van der Waals surface area contributed by atoms with Crippen LogP contribution in [0.2, 0.25) is 5.02 Å². The van der Waals surface area contributed by atoms with Crippen molar-refractivity contribution in [3.05, 3.63) is 23.2 Å². The van der Waals surface area contributed by atoms with Crippen LogP contribution in [0.25, 0.3) is 0 Å². The third kappa shape index (κ3) is 3.13. The van der Waals surface area contributed by atoms with E-state index in [9.17, 15) is 4.79 Å². The Hall–Kier alpha value is -1.22. The van der Waals surface area contributed by atoms with Crippen LogP contribution in [-0.4, -0.2) is 5.91 Å². The van der Waals surface area contributed by atoms with Crippen LogP contribution in [0.1, 0.15) is 32.1 Å². The van der Waals surface area contributed by atoms with Crippen LogP contribution < -0.4 is 11.1 Å². The molecular weight excluding hydrogens is 236 g/mol. The van der Waals surface area contributed by atoms with Gasteiger partial charge in [0.25, 0.3) is 0 Å². The fourth-order valence-electron chi connectivity index (χ4n) is 2.21. The van der Waals surface area contributed by atoms with Crippen LogP contribution in [-0.2, 0) is 4.79 Å². The average Bonchev–Trinajstić information content (AvgIpc) is 2.35. The van der Waals surface area contributed by atoms with Crippen molar-refractivity contribution in [1.82, 2.24) is 0 Å². The highest BCUT2D eigenvalue weighted by molar-refractivity contribution is 6.33. The minimum absolute atomic E-state index is 0.102. The number of carbonyl (C=O) groups excluding carboxylic acids is 1. The smallest absolute Gasteiger partial charge is 0.227 e. The van der Waals surface area contributed by atoms with E-state index in [1.807, 2.05) is 0 Å². The zero-order valence-electron chi connectivity index (χ0n) is 9.71. The lowest BCUT2D eigenvalue weighted by atomic mass is 9.88. The van der Waals surface area contributed by atoms with E-state index >= 15 is 0 Å². The second kappa shape index (κ2) is 5.41. The van der Waals surface area contributed by atoms with Crippen molar-refractivity contribution in [3.63, 3.8) is 0 Å². The molecular formula is C13H17ClN2O. The Morgan fingerprint density at radius 2 is 2.00 bits per heavy atom. The Kier molecular flexibility index (Phi) is 3.89. The summed E-state index contributed by atoms with van der Waals surface area (Å²) in [5.74, 6) is 0.255. The molecule has 0 unspecified atom stereocenters. The molecule has 0 radical (unpaired) electrons. The second-order valence-electron chi connectivity index (χ2n) is 4.56. The average molecular weight is 253 g/mol. The van der Waals surface area contributed by atoms with Crippen LogP contribution in [0.5, 0.6) is 0 Å². The largest absolute Gasteiger partial charge is 0.398 e. The quantitative estimate of drug-likeness (QED) is 0.793. The number of nitrogen functional groups attached to an aromatic ring is 1. The highest BCUT2D eigenvalue weighted by atomic mass is 35.5. The summed E-state index contributed by atoms with van der Waals surface area (Å²) in [6.07, 6.45) is 5.54. The third-order valence-corrected chi connectivity index (χ3v) is 3.57.